The molecular weight excluding hydrogens is 406 g/mol. The Balaban J connectivity index is 2.14. The van der Waals surface area contributed by atoms with Crippen LogP contribution in [-0.2, 0) is 4.74 Å². The van der Waals surface area contributed by atoms with E-state index in [1.807, 2.05) is 4.57 Å². The van der Waals surface area contributed by atoms with E-state index >= 15 is 0 Å². The monoisotopic (exact) mass is 433 g/mol. The Labute approximate surface area is 181 Å². The molecule has 0 fully saturated rings. The summed E-state index contributed by atoms with van der Waals surface area (Å²) in [4.78, 5) is 25.0. The minimum absolute atomic E-state index is 0.0142. The molecular formula is C23H28ClNO5. The Hall–Kier alpha value is -2.47. The van der Waals surface area contributed by atoms with Gasteiger partial charge in [0.1, 0.15) is 23.7 Å². The van der Waals surface area contributed by atoms with Gasteiger partial charge in [0.15, 0.2) is 5.43 Å². The molecule has 0 N–H and O–H groups in total. The molecule has 0 bridgehead atoms. The molecule has 0 spiro atoms. The van der Waals surface area contributed by atoms with Gasteiger partial charge in [0.05, 0.1) is 30.0 Å². The molecule has 1 aliphatic heterocycles. The van der Waals surface area contributed by atoms with Gasteiger partial charge >= 0.3 is 5.97 Å². The van der Waals surface area contributed by atoms with Gasteiger partial charge in [-0.2, -0.15) is 0 Å². The van der Waals surface area contributed by atoms with Crippen LogP contribution in [0.5, 0.6) is 11.5 Å². The third-order valence-corrected chi connectivity index (χ3v) is 5.47. The van der Waals surface area contributed by atoms with E-state index < -0.39 is 11.4 Å². The second-order valence-electron chi connectivity index (χ2n) is 7.67. The molecule has 7 heteroatoms. The van der Waals surface area contributed by atoms with E-state index in [-0.39, 0.29) is 24.1 Å². The molecule has 1 aromatic carbocycles. The lowest BCUT2D eigenvalue weighted by Crippen LogP contribution is -2.26. The largest absolute Gasteiger partial charge is 0.492 e. The average molecular weight is 434 g/mol. The summed E-state index contributed by atoms with van der Waals surface area (Å²) < 4.78 is 18.9. The Morgan fingerprint density at radius 3 is 2.73 bits per heavy atom. The molecule has 0 aliphatic carbocycles. The van der Waals surface area contributed by atoms with E-state index in [1.165, 1.54) is 6.07 Å². The topological polar surface area (TPSA) is 66.8 Å². The van der Waals surface area contributed by atoms with Crippen LogP contribution in [0.2, 0.25) is 5.02 Å². The summed E-state index contributed by atoms with van der Waals surface area (Å²) in [5, 5.41) is 0.449. The highest BCUT2D eigenvalue weighted by atomic mass is 35.5. The number of aromatic nitrogens is 1. The predicted molar refractivity (Wildman–Crippen MR) is 117 cm³/mol. The summed E-state index contributed by atoms with van der Waals surface area (Å²) in [5.41, 5.74) is 0.967. The number of hydrogen-bond acceptors (Lipinski definition) is 5. The first-order valence-electron chi connectivity index (χ1n) is 10.4. The van der Waals surface area contributed by atoms with Crippen LogP contribution in [0.25, 0.3) is 11.3 Å². The quantitative estimate of drug-likeness (QED) is 0.448. The van der Waals surface area contributed by atoms with E-state index in [0.717, 1.165) is 12.8 Å². The van der Waals surface area contributed by atoms with Gasteiger partial charge in [-0.15, -0.1) is 0 Å². The second kappa shape index (κ2) is 9.56. The summed E-state index contributed by atoms with van der Waals surface area (Å²) in [5.74, 6) is 0.741. The Morgan fingerprint density at radius 1 is 1.30 bits per heavy atom. The van der Waals surface area contributed by atoms with Crippen LogP contribution in [0.15, 0.2) is 29.2 Å². The van der Waals surface area contributed by atoms with Crippen LogP contribution in [0.4, 0.5) is 0 Å². The third kappa shape index (κ3) is 4.48. The van der Waals surface area contributed by atoms with Crippen LogP contribution in [0.1, 0.15) is 56.9 Å². The van der Waals surface area contributed by atoms with Gasteiger partial charge < -0.3 is 18.8 Å². The van der Waals surface area contributed by atoms with Crippen molar-refractivity contribution in [1.82, 2.24) is 4.57 Å². The van der Waals surface area contributed by atoms with Crippen molar-refractivity contribution in [3.8, 4) is 22.8 Å². The van der Waals surface area contributed by atoms with E-state index in [2.05, 4.69) is 20.8 Å². The van der Waals surface area contributed by atoms with Crippen molar-refractivity contribution in [3.05, 3.63) is 45.2 Å². The Kier molecular flexibility index (Phi) is 7.08. The van der Waals surface area contributed by atoms with Crippen LogP contribution in [0.3, 0.4) is 0 Å². The summed E-state index contributed by atoms with van der Waals surface area (Å²) in [6.45, 7) is 9.11. The van der Waals surface area contributed by atoms with E-state index in [4.69, 9.17) is 25.8 Å². The fourth-order valence-electron chi connectivity index (χ4n) is 3.46. The number of fused-ring (bicyclic) bond motifs is 3. The van der Waals surface area contributed by atoms with Crippen LogP contribution < -0.4 is 14.9 Å². The molecule has 1 aliphatic rings. The third-order valence-electron chi connectivity index (χ3n) is 5.18. The fraction of sp³-hybridized carbons (Fsp3) is 0.478. The van der Waals surface area contributed by atoms with Crippen LogP contribution in [0, 0.1) is 5.92 Å². The van der Waals surface area contributed by atoms with Gasteiger partial charge in [0.2, 0.25) is 0 Å². The molecule has 1 atom stereocenters. The van der Waals surface area contributed by atoms with Gasteiger partial charge in [0, 0.05) is 23.9 Å². The van der Waals surface area contributed by atoms with Crippen molar-refractivity contribution in [2.45, 2.75) is 46.6 Å². The lowest BCUT2D eigenvalue weighted by atomic mass is 10.0. The summed E-state index contributed by atoms with van der Waals surface area (Å²) in [6.07, 6.45) is 3.53. The number of benzene rings is 1. The average Bonchev–Trinajstić information content (AvgIpc) is 2.84. The SMILES string of the molecule is CCCCOc1cc2c(cc1Cl)-c1cc(=O)c(C(=O)OCC)cn1[C@H](C(C)C)CO2. The standard InChI is InChI=1S/C23H28ClNO5/c1-5-7-8-29-22-11-21-15(9-17(22)24)18-10-20(26)16(23(27)28-6-2)12-25(18)19(13-30-21)14(3)4/h9-12,14,19H,5-8,13H2,1-4H3/t19-/m0/s1. The normalized spacial score (nSPS) is 15.1. The fourth-order valence-corrected chi connectivity index (χ4v) is 3.68. The molecule has 0 saturated heterocycles. The van der Waals surface area contributed by atoms with Crippen LogP contribution >= 0.6 is 11.6 Å². The number of hydrogen-bond donors (Lipinski definition) is 0. The van der Waals surface area contributed by atoms with E-state index in [9.17, 15) is 9.59 Å². The maximum absolute atomic E-state index is 12.7. The van der Waals surface area contributed by atoms with Crippen molar-refractivity contribution in [2.24, 2.45) is 5.92 Å². The van der Waals surface area contributed by atoms with Gasteiger partial charge in [-0.3, -0.25) is 4.79 Å². The van der Waals surface area contributed by atoms with Crippen molar-refractivity contribution < 1.29 is 19.0 Å². The van der Waals surface area contributed by atoms with E-state index in [1.54, 1.807) is 25.3 Å². The number of pyridine rings is 1. The molecule has 6 nitrogen and oxygen atoms in total. The molecule has 162 valence electrons. The highest BCUT2D eigenvalue weighted by Crippen LogP contribution is 2.42. The molecule has 3 rings (SSSR count). The van der Waals surface area contributed by atoms with E-state index in [0.29, 0.717) is 41.0 Å². The number of nitrogens with zero attached hydrogens (tertiary/aromatic N) is 1. The van der Waals surface area contributed by atoms with Crippen LogP contribution in [-0.4, -0.2) is 30.4 Å². The second-order valence-corrected chi connectivity index (χ2v) is 8.07. The molecule has 1 aromatic heterocycles. The number of carbonyl (C=O) groups excluding carboxylic acids is 1. The number of rotatable bonds is 7. The molecule has 0 saturated carbocycles. The number of unbranched alkanes of at least 4 members (excludes halogenated alkanes) is 1. The molecule has 0 radical (unpaired) electrons. The Morgan fingerprint density at radius 2 is 2.07 bits per heavy atom. The summed E-state index contributed by atoms with van der Waals surface area (Å²) >= 11 is 6.48. The van der Waals surface area contributed by atoms with Crippen molar-refractivity contribution >= 4 is 17.6 Å². The zero-order valence-electron chi connectivity index (χ0n) is 17.9. The first kappa shape index (κ1) is 22.2. The van der Waals surface area contributed by atoms with Crippen molar-refractivity contribution in [2.75, 3.05) is 19.8 Å². The lowest BCUT2D eigenvalue weighted by Gasteiger charge is -2.24. The maximum atomic E-state index is 12.7. The molecule has 2 aromatic rings. The zero-order chi connectivity index (χ0) is 21.8. The number of esters is 1. The van der Waals surface area contributed by atoms with Crippen molar-refractivity contribution in [1.29, 1.82) is 0 Å². The molecule has 0 unspecified atom stereocenters. The highest BCUT2D eigenvalue weighted by molar-refractivity contribution is 6.32. The molecule has 30 heavy (non-hydrogen) atoms. The highest BCUT2D eigenvalue weighted by Gasteiger charge is 2.28. The molecule has 2 heterocycles. The van der Waals surface area contributed by atoms with Gasteiger partial charge in [0.25, 0.3) is 0 Å². The molecule has 0 amide bonds. The van der Waals surface area contributed by atoms with Gasteiger partial charge in [-0.1, -0.05) is 38.8 Å². The first-order chi connectivity index (χ1) is 14.4. The predicted octanol–water partition coefficient (Wildman–Crippen LogP) is 5.11. The number of ether oxygens (including phenoxy) is 3. The summed E-state index contributed by atoms with van der Waals surface area (Å²) in [7, 11) is 0. The first-order valence-corrected chi connectivity index (χ1v) is 10.8. The Bertz CT molecular complexity index is 982. The van der Waals surface area contributed by atoms with Gasteiger partial charge in [-0.25, -0.2) is 4.79 Å². The number of halogens is 1. The van der Waals surface area contributed by atoms with Crippen molar-refractivity contribution in [3.63, 3.8) is 0 Å². The minimum Gasteiger partial charge on any atom is -0.492 e. The minimum atomic E-state index is -0.622. The van der Waals surface area contributed by atoms with Gasteiger partial charge in [-0.05, 0) is 25.3 Å². The zero-order valence-corrected chi connectivity index (χ0v) is 18.6. The lowest BCUT2D eigenvalue weighted by molar-refractivity contribution is 0.0523. The maximum Gasteiger partial charge on any atom is 0.343 e. The number of carbonyl (C=O) groups is 1. The summed E-state index contributed by atoms with van der Waals surface area (Å²) in [6, 6.07) is 4.92. The smallest absolute Gasteiger partial charge is 0.343 e.